The van der Waals surface area contributed by atoms with Crippen LogP contribution in [0.3, 0.4) is 0 Å². The highest BCUT2D eigenvalue weighted by Crippen LogP contribution is 2.12. The molecule has 0 spiro atoms. The molecule has 0 saturated carbocycles. The molecule has 122 valence electrons. The Balaban J connectivity index is 1.58. The Kier molecular flexibility index (Phi) is 4.51. The third kappa shape index (κ3) is 3.95. The highest BCUT2D eigenvalue weighted by atomic mass is 19.1. The summed E-state index contributed by atoms with van der Waals surface area (Å²) in [6, 6.07) is 11.2. The van der Waals surface area contributed by atoms with E-state index in [2.05, 4.69) is 20.8 Å². The molecular weight excluding hydrogens is 311 g/mol. The summed E-state index contributed by atoms with van der Waals surface area (Å²) in [6.45, 7) is 2.25. The van der Waals surface area contributed by atoms with Crippen LogP contribution >= 0.6 is 0 Å². The lowest BCUT2D eigenvalue weighted by Gasteiger charge is -2.07. The van der Waals surface area contributed by atoms with Gasteiger partial charge in [-0.05, 0) is 36.8 Å². The molecule has 0 radical (unpaired) electrons. The summed E-state index contributed by atoms with van der Waals surface area (Å²) < 4.78 is 17.7. The van der Waals surface area contributed by atoms with Crippen LogP contribution in [0.5, 0.6) is 0 Å². The maximum absolute atomic E-state index is 12.8. The van der Waals surface area contributed by atoms with Crippen LogP contribution in [-0.4, -0.2) is 16.0 Å². The highest BCUT2D eigenvalue weighted by Gasteiger charge is 2.09. The van der Waals surface area contributed by atoms with Gasteiger partial charge in [0.05, 0.1) is 5.56 Å². The average Bonchev–Trinajstić information content (AvgIpc) is 2.99. The van der Waals surface area contributed by atoms with Crippen molar-refractivity contribution in [2.45, 2.75) is 13.5 Å². The fraction of sp³-hybridized carbons (Fsp3) is 0.118. The molecule has 6 nitrogen and oxygen atoms in total. The van der Waals surface area contributed by atoms with Crippen molar-refractivity contribution >= 4 is 17.5 Å². The van der Waals surface area contributed by atoms with Crippen molar-refractivity contribution in [3.05, 3.63) is 71.4 Å². The fourth-order valence-corrected chi connectivity index (χ4v) is 2.04. The number of benzene rings is 1. The second kappa shape index (κ2) is 6.91. The maximum Gasteiger partial charge on any atom is 0.258 e. The van der Waals surface area contributed by atoms with Crippen LogP contribution in [-0.2, 0) is 6.54 Å². The van der Waals surface area contributed by atoms with Crippen molar-refractivity contribution in [2.75, 3.05) is 10.6 Å². The van der Waals surface area contributed by atoms with Crippen LogP contribution in [0.25, 0.3) is 0 Å². The molecule has 2 N–H and O–H groups in total. The molecule has 2 heterocycles. The van der Waals surface area contributed by atoms with Crippen molar-refractivity contribution in [1.82, 2.24) is 10.1 Å². The first-order valence-electron chi connectivity index (χ1n) is 7.29. The largest absolute Gasteiger partial charge is 0.366 e. The van der Waals surface area contributed by atoms with Gasteiger partial charge in [-0.15, -0.1) is 0 Å². The number of hydrogen-bond donors (Lipinski definition) is 2. The molecular formula is C17H15FN4O2. The van der Waals surface area contributed by atoms with Crippen LogP contribution in [0.4, 0.5) is 16.0 Å². The number of halogens is 1. The van der Waals surface area contributed by atoms with Gasteiger partial charge in [0.15, 0.2) is 5.82 Å². The van der Waals surface area contributed by atoms with E-state index >= 15 is 0 Å². The van der Waals surface area contributed by atoms with Gasteiger partial charge in [-0.25, -0.2) is 9.37 Å². The Morgan fingerprint density at radius 1 is 1.17 bits per heavy atom. The molecule has 2 aromatic heterocycles. The lowest BCUT2D eigenvalue weighted by Crippen LogP contribution is -2.12. The number of amides is 1. The molecule has 24 heavy (non-hydrogen) atoms. The number of aryl methyl sites for hydroxylation is 1. The Morgan fingerprint density at radius 3 is 2.58 bits per heavy atom. The smallest absolute Gasteiger partial charge is 0.258 e. The molecule has 0 fully saturated rings. The second-order valence-electron chi connectivity index (χ2n) is 5.19. The number of aromatic nitrogens is 2. The predicted molar refractivity (Wildman–Crippen MR) is 87.2 cm³/mol. The van der Waals surface area contributed by atoms with Crippen LogP contribution < -0.4 is 10.6 Å². The first-order chi connectivity index (χ1) is 11.6. The number of pyridine rings is 1. The Hall–Kier alpha value is -3.22. The van der Waals surface area contributed by atoms with E-state index in [0.717, 1.165) is 5.56 Å². The van der Waals surface area contributed by atoms with E-state index in [1.54, 1.807) is 37.3 Å². The molecule has 1 amide bonds. The maximum atomic E-state index is 12.8. The van der Waals surface area contributed by atoms with E-state index in [0.29, 0.717) is 29.5 Å². The number of carbonyl (C=O) groups is 1. The van der Waals surface area contributed by atoms with E-state index in [1.165, 1.54) is 18.3 Å². The zero-order chi connectivity index (χ0) is 16.9. The topological polar surface area (TPSA) is 80.0 Å². The van der Waals surface area contributed by atoms with Gasteiger partial charge in [-0.3, -0.25) is 4.79 Å². The number of rotatable bonds is 5. The summed E-state index contributed by atoms with van der Waals surface area (Å²) in [5, 5.41) is 9.43. The quantitative estimate of drug-likeness (QED) is 0.751. The van der Waals surface area contributed by atoms with E-state index in [1.807, 2.05) is 0 Å². The average molecular weight is 326 g/mol. The minimum absolute atomic E-state index is 0.269. The zero-order valence-electron chi connectivity index (χ0n) is 12.9. The summed E-state index contributed by atoms with van der Waals surface area (Å²) in [5.74, 6) is 1.00. The van der Waals surface area contributed by atoms with E-state index in [4.69, 9.17) is 4.52 Å². The molecule has 0 aliphatic carbocycles. The molecule has 7 heteroatoms. The molecule has 3 aromatic rings. The summed E-state index contributed by atoms with van der Waals surface area (Å²) in [7, 11) is 0. The van der Waals surface area contributed by atoms with Crippen molar-refractivity contribution in [1.29, 1.82) is 0 Å². The van der Waals surface area contributed by atoms with Crippen molar-refractivity contribution in [2.24, 2.45) is 0 Å². The van der Waals surface area contributed by atoms with E-state index in [-0.39, 0.29) is 11.7 Å². The Morgan fingerprint density at radius 2 is 1.96 bits per heavy atom. The summed E-state index contributed by atoms with van der Waals surface area (Å²) in [5.41, 5.74) is 1.34. The summed E-state index contributed by atoms with van der Waals surface area (Å²) in [6.07, 6.45) is 1.47. The van der Waals surface area contributed by atoms with Crippen molar-refractivity contribution in [3.8, 4) is 0 Å². The molecule has 3 rings (SSSR count). The molecule has 0 saturated heterocycles. The number of anilines is 2. The first kappa shape index (κ1) is 15.7. The monoisotopic (exact) mass is 326 g/mol. The third-order valence-electron chi connectivity index (χ3n) is 3.28. The Labute approximate surface area is 137 Å². The number of nitrogens with one attached hydrogen (secondary N) is 2. The zero-order valence-corrected chi connectivity index (χ0v) is 12.9. The molecule has 0 atom stereocenters. The number of hydrogen-bond acceptors (Lipinski definition) is 5. The Bertz CT molecular complexity index is 829. The second-order valence-corrected chi connectivity index (χ2v) is 5.19. The van der Waals surface area contributed by atoms with Gasteiger partial charge in [-0.1, -0.05) is 17.3 Å². The van der Waals surface area contributed by atoms with Gasteiger partial charge >= 0.3 is 0 Å². The van der Waals surface area contributed by atoms with Crippen molar-refractivity contribution in [3.63, 3.8) is 0 Å². The van der Waals surface area contributed by atoms with Crippen molar-refractivity contribution < 1.29 is 13.7 Å². The molecule has 0 aliphatic heterocycles. The molecule has 0 unspecified atom stereocenters. The van der Waals surface area contributed by atoms with Crippen LogP contribution in [0.15, 0.2) is 53.2 Å². The molecule has 1 aromatic carbocycles. The van der Waals surface area contributed by atoms with Crippen LogP contribution in [0, 0.1) is 12.7 Å². The van der Waals surface area contributed by atoms with Gasteiger partial charge in [0.2, 0.25) is 0 Å². The van der Waals surface area contributed by atoms with Crippen LogP contribution in [0.1, 0.15) is 21.7 Å². The lowest BCUT2D eigenvalue weighted by atomic mass is 10.2. The van der Waals surface area contributed by atoms with E-state index in [9.17, 15) is 9.18 Å². The number of carbonyl (C=O) groups excluding carboxylic acids is 1. The predicted octanol–water partition coefficient (Wildman–Crippen LogP) is 3.38. The van der Waals surface area contributed by atoms with Gasteiger partial charge in [-0.2, -0.15) is 0 Å². The standard InChI is InChI=1S/C17H15FN4O2/c1-11-8-16(22-24-11)21-17(23)13-4-7-15(20-10-13)19-9-12-2-5-14(18)6-3-12/h2-8,10H,9H2,1H3,(H,19,20)(H,21,22,23). The molecule has 0 aliphatic rings. The molecule has 0 bridgehead atoms. The first-order valence-corrected chi connectivity index (χ1v) is 7.29. The normalized spacial score (nSPS) is 10.4. The summed E-state index contributed by atoms with van der Waals surface area (Å²) >= 11 is 0. The third-order valence-corrected chi connectivity index (χ3v) is 3.28. The lowest BCUT2D eigenvalue weighted by molar-refractivity contribution is 0.102. The minimum atomic E-state index is -0.319. The fourth-order valence-electron chi connectivity index (χ4n) is 2.04. The SMILES string of the molecule is Cc1cc(NC(=O)c2ccc(NCc3ccc(F)cc3)nc2)no1. The van der Waals surface area contributed by atoms with Crippen LogP contribution in [0.2, 0.25) is 0 Å². The van der Waals surface area contributed by atoms with E-state index < -0.39 is 0 Å². The van der Waals surface area contributed by atoms with Gasteiger partial charge in [0.25, 0.3) is 5.91 Å². The van der Waals surface area contributed by atoms with Gasteiger partial charge < -0.3 is 15.2 Å². The summed E-state index contributed by atoms with van der Waals surface area (Å²) in [4.78, 5) is 16.2. The highest BCUT2D eigenvalue weighted by molar-refractivity contribution is 6.03. The van der Waals surface area contributed by atoms with Gasteiger partial charge in [0, 0.05) is 18.8 Å². The minimum Gasteiger partial charge on any atom is -0.366 e. The number of nitrogens with zero attached hydrogens (tertiary/aromatic N) is 2. The van der Waals surface area contributed by atoms with Gasteiger partial charge in [0.1, 0.15) is 17.4 Å².